The summed E-state index contributed by atoms with van der Waals surface area (Å²) in [5.74, 6) is -23.7. The summed E-state index contributed by atoms with van der Waals surface area (Å²) in [6, 6.07) is 0. The molecule has 2 aliphatic rings. The lowest BCUT2D eigenvalue weighted by atomic mass is 9.73. The molecule has 228 valence electrons. The highest BCUT2D eigenvalue weighted by Gasteiger charge is 2.64. The number of hydrogen-bond acceptors (Lipinski definition) is 8. The zero-order valence-electron chi connectivity index (χ0n) is 20.4. The maximum Gasteiger partial charge on any atom is 0.456 e. The van der Waals surface area contributed by atoms with Crippen molar-refractivity contribution >= 4 is 23.9 Å². The fraction of sp³-hybridized carbons (Fsp3) is 0.727. The van der Waals surface area contributed by atoms with E-state index in [9.17, 15) is 63.1 Å². The van der Waals surface area contributed by atoms with Gasteiger partial charge >= 0.3 is 48.1 Å². The lowest BCUT2D eigenvalue weighted by Gasteiger charge is -2.32. The Morgan fingerprint density at radius 3 is 1.60 bits per heavy atom. The summed E-state index contributed by atoms with van der Waals surface area (Å²) < 4.78 is 145. The molecule has 2 fully saturated rings. The van der Waals surface area contributed by atoms with Crippen LogP contribution in [0.2, 0.25) is 0 Å². The second-order valence-corrected chi connectivity index (χ2v) is 9.26. The maximum atomic E-state index is 13.2. The minimum absolute atomic E-state index is 0.0182. The Kier molecular flexibility index (Phi) is 9.77. The van der Waals surface area contributed by atoms with Gasteiger partial charge < -0.3 is 18.9 Å². The van der Waals surface area contributed by atoms with Gasteiger partial charge in [0, 0.05) is 5.57 Å². The van der Waals surface area contributed by atoms with Gasteiger partial charge in [0.05, 0.1) is 17.8 Å². The average molecular weight is 604 g/mol. The van der Waals surface area contributed by atoms with E-state index >= 15 is 0 Å². The van der Waals surface area contributed by atoms with Gasteiger partial charge in [-0.3, -0.25) is 14.4 Å². The highest BCUT2D eigenvalue weighted by molar-refractivity contribution is 5.87. The Labute approximate surface area is 218 Å². The number of alkyl halides is 10. The van der Waals surface area contributed by atoms with E-state index in [1.165, 1.54) is 6.92 Å². The molecule has 0 spiro atoms. The van der Waals surface area contributed by atoms with Crippen LogP contribution in [0, 0.1) is 29.6 Å². The third-order valence-corrected chi connectivity index (χ3v) is 6.38. The summed E-state index contributed by atoms with van der Waals surface area (Å²) in [7, 11) is 0. The number of esters is 4. The molecule has 5 atom stereocenters. The molecular weight excluding hydrogens is 582 g/mol. The van der Waals surface area contributed by atoms with Gasteiger partial charge in [0.15, 0.2) is 13.2 Å². The fourth-order valence-electron chi connectivity index (χ4n) is 4.48. The van der Waals surface area contributed by atoms with Crippen LogP contribution in [0.3, 0.4) is 0 Å². The van der Waals surface area contributed by atoms with Crippen molar-refractivity contribution in [2.75, 3.05) is 26.4 Å². The quantitative estimate of drug-likeness (QED) is 0.115. The van der Waals surface area contributed by atoms with Crippen LogP contribution in [-0.2, 0) is 38.1 Å². The number of rotatable bonds is 11. The topological polar surface area (TPSA) is 105 Å². The first-order valence-corrected chi connectivity index (χ1v) is 11.3. The zero-order chi connectivity index (χ0) is 30.8. The van der Waals surface area contributed by atoms with E-state index in [-0.39, 0.29) is 12.0 Å². The molecule has 0 aromatic heterocycles. The fourth-order valence-corrected chi connectivity index (χ4v) is 4.48. The van der Waals surface area contributed by atoms with Crippen LogP contribution in [0.25, 0.3) is 0 Å². The van der Waals surface area contributed by atoms with Crippen LogP contribution in [-0.4, -0.2) is 74.5 Å². The second kappa shape index (κ2) is 11.8. The predicted molar refractivity (Wildman–Crippen MR) is 107 cm³/mol. The third kappa shape index (κ3) is 7.35. The highest BCUT2D eigenvalue weighted by atomic mass is 19.4. The first-order valence-electron chi connectivity index (χ1n) is 11.3. The number of ether oxygens (including phenoxy) is 4. The SMILES string of the molecule is C=C(C)C(=O)OCCOC(=O)C1C2CC(CC2C(=O)OCC(F)(F)C(F)(F)F)C1C(=O)OCC(F)(F)C(F)(F)F. The molecule has 0 N–H and O–H groups in total. The van der Waals surface area contributed by atoms with Crippen molar-refractivity contribution in [1.82, 2.24) is 0 Å². The number of halogens is 10. The monoisotopic (exact) mass is 604 g/mol. The summed E-state index contributed by atoms with van der Waals surface area (Å²) in [6.07, 6.45) is -12.9. The van der Waals surface area contributed by atoms with E-state index in [1.54, 1.807) is 0 Å². The number of carbonyl (C=O) groups is 4. The minimum atomic E-state index is -6.07. The summed E-state index contributed by atoms with van der Waals surface area (Å²) >= 11 is 0. The molecule has 0 heterocycles. The smallest absolute Gasteiger partial charge is 0.456 e. The number of hydrogen-bond donors (Lipinski definition) is 0. The Hall–Kier alpha value is -3.08. The van der Waals surface area contributed by atoms with Crippen LogP contribution >= 0.6 is 0 Å². The molecule has 0 amide bonds. The van der Waals surface area contributed by atoms with Crippen molar-refractivity contribution < 1.29 is 82.0 Å². The van der Waals surface area contributed by atoms with E-state index in [0.717, 1.165) is 0 Å². The molecule has 18 heteroatoms. The molecule has 0 radical (unpaired) electrons. The van der Waals surface area contributed by atoms with Crippen LogP contribution in [0.4, 0.5) is 43.9 Å². The van der Waals surface area contributed by atoms with Crippen molar-refractivity contribution in [3.63, 3.8) is 0 Å². The molecule has 0 aliphatic heterocycles. The van der Waals surface area contributed by atoms with Crippen LogP contribution in [0.1, 0.15) is 19.8 Å². The molecule has 2 aliphatic carbocycles. The van der Waals surface area contributed by atoms with Gasteiger partial charge in [0.2, 0.25) is 0 Å². The normalized spacial score (nSPS) is 24.8. The van der Waals surface area contributed by atoms with E-state index < -0.39 is 111 Å². The van der Waals surface area contributed by atoms with Gasteiger partial charge in [-0.15, -0.1) is 0 Å². The first kappa shape index (κ1) is 33.1. The van der Waals surface area contributed by atoms with Crippen molar-refractivity contribution in [3.8, 4) is 0 Å². The number of fused-ring (bicyclic) bond motifs is 2. The van der Waals surface area contributed by atoms with E-state index in [2.05, 4.69) is 20.8 Å². The van der Waals surface area contributed by atoms with Gasteiger partial charge in [-0.05, 0) is 31.6 Å². The molecule has 0 aromatic rings. The molecule has 0 saturated heterocycles. The largest absolute Gasteiger partial charge is 0.462 e. The average Bonchev–Trinajstić information content (AvgIpc) is 3.41. The van der Waals surface area contributed by atoms with Crippen molar-refractivity contribution in [3.05, 3.63) is 12.2 Å². The highest BCUT2D eigenvalue weighted by Crippen LogP contribution is 2.56. The summed E-state index contributed by atoms with van der Waals surface area (Å²) in [5, 5.41) is 0. The molecule has 8 nitrogen and oxygen atoms in total. The molecule has 2 saturated carbocycles. The Bertz CT molecular complexity index is 1010. The zero-order valence-corrected chi connectivity index (χ0v) is 20.4. The van der Waals surface area contributed by atoms with Gasteiger partial charge in [0.1, 0.15) is 13.2 Å². The molecule has 0 aromatic carbocycles. The summed E-state index contributed by atoms with van der Waals surface area (Å²) in [6.45, 7) is -1.41. The molecule has 40 heavy (non-hydrogen) atoms. The van der Waals surface area contributed by atoms with Gasteiger partial charge in [-0.25, -0.2) is 4.79 Å². The summed E-state index contributed by atoms with van der Waals surface area (Å²) in [5.41, 5.74) is -0.0182. The molecular formula is C22H22F10O8. The minimum Gasteiger partial charge on any atom is -0.462 e. The second-order valence-electron chi connectivity index (χ2n) is 9.26. The molecule has 5 unspecified atom stereocenters. The Morgan fingerprint density at radius 2 is 1.12 bits per heavy atom. The van der Waals surface area contributed by atoms with E-state index in [0.29, 0.717) is 0 Å². The van der Waals surface area contributed by atoms with E-state index in [4.69, 9.17) is 4.74 Å². The van der Waals surface area contributed by atoms with Gasteiger partial charge in [-0.2, -0.15) is 43.9 Å². The van der Waals surface area contributed by atoms with Crippen LogP contribution < -0.4 is 0 Å². The predicted octanol–water partition coefficient (Wildman–Crippen LogP) is 4.02. The lowest BCUT2D eigenvalue weighted by Crippen LogP contribution is -2.46. The standard InChI is InChI=1S/C22H22F10O8/c1-9(2)15(33)37-3-4-38-18(36)14-11-5-10(13(14)17(35)40-8-20(25,26)22(30,31)32)6-12(11)16(34)39-7-19(23,24)21(27,28)29/h10-14H,1,3-8H2,2H3. The maximum absolute atomic E-state index is 13.2. The Morgan fingerprint density at radius 1 is 0.675 bits per heavy atom. The van der Waals surface area contributed by atoms with Crippen molar-refractivity contribution in [2.45, 2.75) is 44.0 Å². The van der Waals surface area contributed by atoms with Gasteiger partial charge in [-0.1, -0.05) is 6.58 Å². The van der Waals surface area contributed by atoms with Crippen molar-refractivity contribution in [2.24, 2.45) is 29.6 Å². The van der Waals surface area contributed by atoms with Gasteiger partial charge in [0.25, 0.3) is 0 Å². The number of carbonyl (C=O) groups excluding carboxylic acids is 4. The first-order chi connectivity index (χ1) is 18.1. The molecule has 2 rings (SSSR count). The molecule has 2 bridgehead atoms. The third-order valence-electron chi connectivity index (χ3n) is 6.38. The van der Waals surface area contributed by atoms with Crippen LogP contribution in [0.5, 0.6) is 0 Å². The van der Waals surface area contributed by atoms with Crippen molar-refractivity contribution in [1.29, 1.82) is 0 Å². The van der Waals surface area contributed by atoms with Crippen LogP contribution in [0.15, 0.2) is 12.2 Å². The summed E-state index contributed by atoms with van der Waals surface area (Å²) in [4.78, 5) is 49.0. The van der Waals surface area contributed by atoms with E-state index in [1.807, 2.05) is 0 Å². The lowest BCUT2D eigenvalue weighted by molar-refractivity contribution is -0.295. The Balaban J connectivity index is 2.18.